The lowest BCUT2D eigenvalue weighted by molar-refractivity contribution is 0.543. The van der Waals surface area contributed by atoms with Crippen molar-refractivity contribution in [1.82, 2.24) is 14.9 Å². The summed E-state index contributed by atoms with van der Waals surface area (Å²) in [5, 5.41) is 4.22. The Morgan fingerprint density at radius 3 is 3.11 bits per heavy atom. The monoisotopic (exact) mass is 263 g/mol. The van der Waals surface area contributed by atoms with Gasteiger partial charge < -0.3 is 9.88 Å². The molecule has 1 unspecified atom stereocenters. The number of aryl methyl sites for hydroxylation is 1. The highest BCUT2D eigenvalue weighted by molar-refractivity contribution is 6.35. The Labute approximate surface area is 112 Å². The van der Waals surface area contributed by atoms with Gasteiger partial charge in [0, 0.05) is 13.0 Å². The molecule has 1 aliphatic rings. The Balaban J connectivity index is 2.02. The van der Waals surface area contributed by atoms with Crippen molar-refractivity contribution in [1.29, 1.82) is 0 Å². The molecule has 18 heavy (non-hydrogen) atoms. The zero-order chi connectivity index (χ0) is 12.5. The van der Waals surface area contributed by atoms with E-state index in [9.17, 15) is 0 Å². The van der Waals surface area contributed by atoms with Crippen molar-refractivity contribution in [3.05, 3.63) is 29.0 Å². The van der Waals surface area contributed by atoms with Gasteiger partial charge >= 0.3 is 0 Å². The van der Waals surface area contributed by atoms with Gasteiger partial charge in [-0.3, -0.25) is 0 Å². The second-order valence-electron chi connectivity index (χ2n) is 4.94. The molecule has 2 aromatic rings. The number of aromatic nitrogens is 2. The first-order valence-electron chi connectivity index (χ1n) is 6.64. The molecule has 1 aromatic heterocycles. The molecule has 0 saturated carbocycles. The maximum Gasteiger partial charge on any atom is 0.110 e. The summed E-state index contributed by atoms with van der Waals surface area (Å²) < 4.78 is 2.26. The molecular formula is C14H18ClN3. The predicted octanol–water partition coefficient (Wildman–Crippen LogP) is 2.86. The van der Waals surface area contributed by atoms with Gasteiger partial charge in [-0.05, 0) is 44.5 Å². The number of benzene rings is 1. The van der Waals surface area contributed by atoms with Gasteiger partial charge in [-0.15, -0.1) is 0 Å². The number of hydrogen-bond donors (Lipinski definition) is 1. The molecule has 2 heterocycles. The van der Waals surface area contributed by atoms with E-state index in [2.05, 4.69) is 16.8 Å². The van der Waals surface area contributed by atoms with Crippen LogP contribution in [0.3, 0.4) is 0 Å². The molecule has 1 aliphatic heterocycles. The van der Waals surface area contributed by atoms with Crippen molar-refractivity contribution in [2.75, 3.05) is 13.1 Å². The van der Waals surface area contributed by atoms with Gasteiger partial charge in [-0.25, -0.2) is 4.98 Å². The standard InChI is InChI=1S/C14H18ClN3/c1-2-18-13(8-10-6-7-16-9-10)17-12-5-3-4-11(15)14(12)18/h3-5,10,16H,2,6-9H2,1H3. The van der Waals surface area contributed by atoms with Gasteiger partial charge in [0.25, 0.3) is 0 Å². The van der Waals surface area contributed by atoms with Gasteiger partial charge in [-0.2, -0.15) is 0 Å². The van der Waals surface area contributed by atoms with Crippen molar-refractivity contribution in [2.45, 2.75) is 26.3 Å². The van der Waals surface area contributed by atoms with Crippen molar-refractivity contribution in [2.24, 2.45) is 5.92 Å². The number of nitrogens with one attached hydrogen (secondary N) is 1. The first-order valence-corrected chi connectivity index (χ1v) is 7.01. The van der Waals surface area contributed by atoms with Gasteiger partial charge in [0.15, 0.2) is 0 Å². The van der Waals surface area contributed by atoms with Crippen LogP contribution in [0.2, 0.25) is 5.02 Å². The van der Waals surface area contributed by atoms with E-state index in [-0.39, 0.29) is 0 Å². The number of para-hydroxylation sites is 1. The summed E-state index contributed by atoms with van der Waals surface area (Å²) in [5.74, 6) is 1.89. The number of hydrogen-bond acceptors (Lipinski definition) is 2. The minimum absolute atomic E-state index is 0.714. The van der Waals surface area contributed by atoms with Crippen LogP contribution in [0.4, 0.5) is 0 Å². The van der Waals surface area contributed by atoms with Crippen LogP contribution in [0.5, 0.6) is 0 Å². The topological polar surface area (TPSA) is 29.9 Å². The Bertz CT molecular complexity index is 555. The molecule has 0 spiro atoms. The molecule has 0 radical (unpaired) electrons. The van der Waals surface area contributed by atoms with E-state index in [0.717, 1.165) is 42.1 Å². The molecule has 96 valence electrons. The van der Waals surface area contributed by atoms with Crippen molar-refractivity contribution >= 4 is 22.6 Å². The molecule has 1 fully saturated rings. The lowest BCUT2D eigenvalue weighted by Gasteiger charge is -2.10. The summed E-state index contributed by atoms with van der Waals surface area (Å²) in [7, 11) is 0. The van der Waals surface area contributed by atoms with Crippen LogP contribution >= 0.6 is 11.6 Å². The summed E-state index contributed by atoms with van der Waals surface area (Å²) in [6, 6.07) is 5.96. The summed E-state index contributed by atoms with van der Waals surface area (Å²) in [4.78, 5) is 4.76. The van der Waals surface area contributed by atoms with Crippen molar-refractivity contribution in [3.63, 3.8) is 0 Å². The maximum absolute atomic E-state index is 6.30. The number of fused-ring (bicyclic) bond motifs is 1. The first-order chi connectivity index (χ1) is 8.79. The average Bonchev–Trinajstić information content (AvgIpc) is 2.97. The van der Waals surface area contributed by atoms with Crippen LogP contribution in [0.25, 0.3) is 11.0 Å². The first kappa shape index (κ1) is 12.0. The molecule has 1 saturated heterocycles. The Hall–Kier alpha value is -1.06. The highest BCUT2D eigenvalue weighted by Gasteiger charge is 2.19. The largest absolute Gasteiger partial charge is 0.327 e. The maximum atomic E-state index is 6.30. The van der Waals surface area contributed by atoms with Crippen LogP contribution in [0, 0.1) is 5.92 Å². The fourth-order valence-corrected chi connectivity index (χ4v) is 3.10. The van der Waals surface area contributed by atoms with Gasteiger partial charge in [0.1, 0.15) is 5.82 Å². The van der Waals surface area contributed by atoms with Gasteiger partial charge in [-0.1, -0.05) is 17.7 Å². The Morgan fingerprint density at radius 1 is 1.50 bits per heavy atom. The molecule has 3 rings (SSSR count). The summed E-state index contributed by atoms with van der Waals surface area (Å²) in [6.45, 7) is 5.33. The van der Waals surface area contributed by atoms with Crippen LogP contribution in [0.15, 0.2) is 18.2 Å². The molecule has 0 aliphatic carbocycles. The van der Waals surface area contributed by atoms with Crippen LogP contribution < -0.4 is 5.32 Å². The SMILES string of the molecule is CCn1c(CC2CCNC2)nc2cccc(Cl)c21. The second kappa shape index (κ2) is 4.90. The minimum atomic E-state index is 0.714. The Morgan fingerprint density at radius 2 is 2.39 bits per heavy atom. The lowest BCUT2D eigenvalue weighted by atomic mass is 10.0. The van der Waals surface area contributed by atoms with Crippen LogP contribution in [0.1, 0.15) is 19.2 Å². The third-order valence-electron chi connectivity index (χ3n) is 3.75. The van der Waals surface area contributed by atoms with E-state index in [1.807, 2.05) is 18.2 Å². The average molecular weight is 264 g/mol. The molecule has 1 atom stereocenters. The van der Waals surface area contributed by atoms with Crippen LogP contribution in [-0.4, -0.2) is 22.6 Å². The predicted molar refractivity (Wildman–Crippen MR) is 75.1 cm³/mol. The highest BCUT2D eigenvalue weighted by atomic mass is 35.5. The molecule has 0 amide bonds. The summed E-state index contributed by atoms with van der Waals surface area (Å²) in [6.07, 6.45) is 2.30. The fourth-order valence-electron chi connectivity index (χ4n) is 2.83. The molecule has 4 heteroatoms. The fraction of sp³-hybridized carbons (Fsp3) is 0.500. The molecule has 3 nitrogen and oxygen atoms in total. The number of halogens is 1. The van der Waals surface area contributed by atoms with Gasteiger partial charge in [0.05, 0.1) is 16.1 Å². The van der Waals surface area contributed by atoms with E-state index >= 15 is 0 Å². The van der Waals surface area contributed by atoms with E-state index in [4.69, 9.17) is 16.6 Å². The van der Waals surface area contributed by atoms with E-state index in [1.54, 1.807) is 0 Å². The summed E-state index contributed by atoms with van der Waals surface area (Å²) >= 11 is 6.30. The third kappa shape index (κ3) is 2.02. The molecule has 0 bridgehead atoms. The van der Waals surface area contributed by atoms with E-state index in [1.165, 1.54) is 12.2 Å². The Kier molecular flexibility index (Phi) is 3.27. The number of nitrogens with zero attached hydrogens (tertiary/aromatic N) is 2. The smallest absolute Gasteiger partial charge is 0.110 e. The quantitative estimate of drug-likeness (QED) is 0.923. The van der Waals surface area contributed by atoms with E-state index < -0.39 is 0 Å². The molecular weight excluding hydrogens is 246 g/mol. The molecule has 1 N–H and O–H groups in total. The normalized spacial score (nSPS) is 19.8. The second-order valence-corrected chi connectivity index (χ2v) is 5.35. The summed E-state index contributed by atoms with van der Waals surface area (Å²) in [5.41, 5.74) is 2.10. The zero-order valence-electron chi connectivity index (χ0n) is 10.6. The third-order valence-corrected chi connectivity index (χ3v) is 4.05. The van der Waals surface area contributed by atoms with E-state index in [0.29, 0.717) is 5.92 Å². The van der Waals surface area contributed by atoms with Crippen LogP contribution in [-0.2, 0) is 13.0 Å². The molecule has 1 aromatic carbocycles. The van der Waals surface area contributed by atoms with Gasteiger partial charge in [0.2, 0.25) is 0 Å². The lowest BCUT2D eigenvalue weighted by Crippen LogP contribution is -2.13. The highest BCUT2D eigenvalue weighted by Crippen LogP contribution is 2.26. The number of imidazole rings is 1. The minimum Gasteiger partial charge on any atom is -0.327 e. The van der Waals surface area contributed by atoms with Crippen molar-refractivity contribution < 1.29 is 0 Å². The van der Waals surface area contributed by atoms with Crippen molar-refractivity contribution in [3.8, 4) is 0 Å². The number of rotatable bonds is 3. The zero-order valence-corrected chi connectivity index (χ0v) is 11.4.